The average molecular weight is 425 g/mol. The summed E-state index contributed by atoms with van der Waals surface area (Å²) in [7, 11) is 0. The minimum atomic E-state index is -0.203. The van der Waals surface area contributed by atoms with Crippen LogP contribution in [0.1, 0.15) is 29.0 Å². The summed E-state index contributed by atoms with van der Waals surface area (Å²) in [5.74, 6) is 1.02. The maximum Gasteiger partial charge on any atom is 0.220 e. The van der Waals surface area contributed by atoms with Crippen LogP contribution in [0, 0.1) is 0 Å². The van der Waals surface area contributed by atoms with E-state index >= 15 is 0 Å². The van der Waals surface area contributed by atoms with Gasteiger partial charge in [0.15, 0.2) is 16.6 Å². The summed E-state index contributed by atoms with van der Waals surface area (Å²) in [6.07, 6.45) is 0.259. The average Bonchev–Trinajstić information content (AvgIpc) is 3.37. The minimum absolute atomic E-state index is 0.0899. The van der Waals surface area contributed by atoms with Gasteiger partial charge < -0.3 is 9.73 Å². The number of furan rings is 1. The molecule has 7 heteroatoms. The lowest BCUT2D eigenvalue weighted by Gasteiger charge is -2.04. The number of halogens is 1. The molecule has 2 aromatic heterocycles. The number of amides is 1. The molecule has 0 aliphatic rings. The van der Waals surface area contributed by atoms with Crippen molar-refractivity contribution in [3.63, 3.8) is 0 Å². The van der Waals surface area contributed by atoms with Crippen molar-refractivity contribution in [2.24, 2.45) is 0 Å². The second-order valence-electron chi connectivity index (χ2n) is 6.46. The number of benzene rings is 2. The Morgan fingerprint density at radius 1 is 1.00 bits per heavy atom. The van der Waals surface area contributed by atoms with Gasteiger partial charge in [-0.2, -0.15) is 0 Å². The summed E-state index contributed by atoms with van der Waals surface area (Å²) in [5.41, 5.74) is 1.48. The van der Waals surface area contributed by atoms with Gasteiger partial charge in [-0.25, -0.2) is 4.98 Å². The zero-order valence-corrected chi connectivity index (χ0v) is 16.9. The van der Waals surface area contributed by atoms with Gasteiger partial charge in [0, 0.05) is 23.4 Å². The van der Waals surface area contributed by atoms with Crippen molar-refractivity contribution < 1.29 is 14.0 Å². The van der Waals surface area contributed by atoms with Gasteiger partial charge in [0.2, 0.25) is 5.91 Å². The monoisotopic (exact) mass is 424 g/mol. The number of carbonyl (C=O) groups is 2. The second-order valence-corrected chi connectivity index (χ2v) is 7.93. The van der Waals surface area contributed by atoms with Crippen molar-refractivity contribution >= 4 is 44.8 Å². The van der Waals surface area contributed by atoms with Crippen LogP contribution in [0.25, 0.3) is 21.0 Å². The summed E-state index contributed by atoms with van der Waals surface area (Å²) in [6.45, 7) is 0.263. The molecule has 0 radical (unpaired) electrons. The number of rotatable bonds is 7. The van der Waals surface area contributed by atoms with Crippen LogP contribution in [0.3, 0.4) is 0 Å². The van der Waals surface area contributed by atoms with E-state index in [2.05, 4.69) is 10.3 Å². The lowest BCUT2D eigenvalue weighted by atomic mass is 10.1. The van der Waals surface area contributed by atoms with E-state index in [1.807, 2.05) is 36.4 Å². The first-order valence-electron chi connectivity index (χ1n) is 9.08. The first kappa shape index (κ1) is 19.4. The van der Waals surface area contributed by atoms with E-state index in [0.29, 0.717) is 22.1 Å². The Morgan fingerprint density at radius 3 is 2.59 bits per heavy atom. The zero-order chi connectivity index (χ0) is 20.2. The topological polar surface area (TPSA) is 72.2 Å². The number of fused-ring (bicyclic) bond motifs is 1. The highest BCUT2D eigenvalue weighted by atomic mass is 35.5. The molecule has 0 spiro atoms. The van der Waals surface area contributed by atoms with E-state index < -0.39 is 0 Å². The van der Waals surface area contributed by atoms with Gasteiger partial charge in [-0.05, 0) is 48.5 Å². The van der Waals surface area contributed by atoms with Crippen LogP contribution in [0.15, 0.2) is 65.1 Å². The number of para-hydroxylation sites is 1. The molecule has 0 saturated heterocycles. The lowest BCUT2D eigenvalue weighted by molar-refractivity contribution is -0.121. The van der Waals surface area contributed by atoms with Crippen LogP contribution < -0.4 is 5.32 Å². The quantitative estimate of drug-likeness (QED) is 0.398. The number of ketones is 1. The predicted octanol–water partition coefficient (Wildman–Crippen LogP) is 5.49. The summed E-state index contributed by atoms with van der Waals surface area (Å²) < 4.78 is 6.91. The molecule has 29 heavy (non-hydrogen) atoms. The number of nitrogens with one attached hydrogen (secondary N) is 1. The molecule has 4 rings (SSSR count). The largest absolute Gasteiger partial charge is 0.457 e. The Bertz CT molecular complexity index is 1130. The first-order chi connectivity index (χ1) is 14.1. The maximum atomic E-state index is 12.1. The van der Waals surface area contributed by atoms with Crippen LogP contribution in [0.4, 0.5) is 0 Å². The number of hydrogen-bond donors (Lipinski definition) is 1. The Labute approximate surface area is 176 Å². The van der Waals surface area contributed by atoms with Gasteiger partial charge in [0.25, 0.3) is 0 Å². The maximum absolute atomic E-state index is 12.1. The summed E-state index contributed by atoms with van der Waals surface area (Å²) in [4.78, 5) is 28.8. The van der Waals surface area contributed by atoms with Gasteiger partial charge in [-0.1, -0.05) is 23.7 Å². The Balaban J connectivity index is 1.29. The van der Waals surface area contributed by atoms with Gasteiger partial charge in [0.1, 0.15) is 5.76 Å². The van der Waals surface area contributed by atoms with Crippen molar-refractivity contribution in [3.05, 3.63) is 77.0 Å². The molecular weight excluding hydrogens is 408 g/mol. The molecule has 5 nitrogen and oxygen atoms in total. The molecule has 1 amide bonds. The van der Waals surface area contributed by atoms with Crippen LogP contribution >= 0.6 is 22.9 Å². The fourth-order valence-electron chi connectivity index (χ4n) is 2.85. The number of nitrogens with zero attached hydrogens (tertiary/aromatic N) is 1. The van der Waals surface area contributed by atoms with Gasteiger partial charge >= 0.3 is 0 Å². The third kappa shape index (κ3) is 4.72. The Morgan fingerprint density at radius 2 is 1.79 bits per heavy atom. The standard InChI is InChI=1S/C22H17ClN2O3S/c23-15-7-5-14(6-8-15)18(26)10-12-21(27)24-13-16-9-11-19(28-16)22-25-17-3-1-2-4-20(17)29-22/h1-9,11H,10,12-13H2,(H,24,27). The van der Waals surface area contributed by atoms with Crippen LogP contribution in [0.2, 0.25) is 5.02 Å². The van der Waals surface area contributed by atoms with Crippen molar-refractivity contribution in [1.82, 2.24) is 10.3 Å². The number of hydrogen-bond acceptors (Lipinski definition) is 5. The van der Waals surface area contributed by atoms with E-state index in [1.165, 1.54) is 0 Å². The summed E-state index contributed by atoms with van der Waals surface area (Å²) >= 11 is 7.38. The number of thiazole rings is 1. The molecule has 4 aromatic rings. The van der Waals surface area contributed by atoms with Crippen LogP contribution in [-0.2, 0) is 11.3 Å². The molecule has 0 fully saturated rings. The molecule has 0 bridgehead atoms. The molecule has 2 aromatic carbocycles. The van der Waals surface area contributed by atoms with E-state index in [4.69, 9.17) is 16.0 Å². The lowest BCUT2D eigenvalue weighted by Crippen LogP contribution is -2.23. The highest BCUT2D eigenvalue weighted by Crippen LogP contribution is 2.31. The molecule has 2 heterocycles. The zero-order valence-electron chi connectivity index (χ0n) is 15.4. The fourth-order valence-corrected chi connectivity index (χ4v) is 3.90. The number of aromatic nitrogens is 1. The second kappa shape index (κ2) is 8.59. The van der Waals surface area contributed by atoms with Gasteiger partial charge in [0.05, 0.1) is 16.8 Å². The Hall–Kier alpha value is -2.96. The van der Waals surface area contributed by atoms with Crippen molar-refractivity contribution in [3.8, 4) is 10.8 Å². The third-order valence-corrected chi connectivity index (χ3v) is 5.67. The first-order valence-corrected chi connectivity index (χ1v) is 10.3. The SMILES string of the molecule is O=C(CCC(=O)c1ccc(Cl)cc1)NCc1ccc(-c2nc3ccccc3s2)o1. The van der Waals surface area contributed by atoms with Crippen molar-refractivity contribution in [2.75, 3.05) is 0 Å². The normalized spacial score (nSPS) is 10.9. The predicted molar refractivity (Wildman–Crippen MR) is 114 cm³/mol. The number of Topliss-reactive ketones (excluding diaryl/α,β-unsaturated/α-hetero) is 1. The van der Waals surface area contributed by atoms with E-state index in [-0.39, 0.29) is 31.1 Å². The van der Waals surface area contributed by atoms with Crippen molar-refractivity contribution in [2.45, 2.75) is 19.4 Å². The summed E-state index contributed by atoms with van der Waals surface area (Å²) in [6, 6.07) is 18.2. The highest BCUT2D eigenvalue weighted by Gasteiger charge is 2.12. The smallest absolute Gasteiger partial charge is 0.220 e. The molecule has 0 aliphatic carbocycles. The molecule has 0 unspecified atom stereocenters. The number of carbonyl (C=O) groups excluding carboxylic acids is 2. The van der Waals surface area contributed by atoms with E-state index in [1.54, 1.807) is 35.6 Å². The van der Waals surface area contributed by atoms with Gasteiger partial charge in [-0.3, -0.25) is 9.59 Å². The Kier molecular flexibility index (Phi) is 5.74. The molecule has 0 atom stereocenters. The molecule has 1 N–H and O–H groups in total. The highest BCUT2D eigenvalue weighted by molar-refractivity contribution is 7.21. The van der Waals surface area contributed by atoms with Gasteiger partial charge in [-0.15, -0.1) is 11.3 Å². The fraction of sp³-hybridized carbons (Fsp3) is 0.136. The van der Waals surface area contributed by atoms with E-state index in [0.717, 1.165) is 15.2 Å². The third-order valence-electron chi connectivity index (χ3n) is 4.37. The minimum Gasteiger partial charge on any atom is -0.457 e. The van der Waals surface area contributed by atoms with Crippen LogP contribution in [-0.4, -0.2) is 16.7 Å². The van der Waals surface area contributed by atoms with Crippen molar-refractivity contribution in [1.29, 1.82) is 0 Å². The van der Waals surface area contributed by atoms with Crippen LogP contribution in [0.5, 0.6) is 0 Å². The van der Waals surface area contributed by atoms with E-state index in [9.17, 15) is 9.59 Å². The molecule has 146 valence electrons. The summed E-state index contributed by atoms with van der Waals surface area (Å²) in [5, 5.41) is 4.16. The molecular formula is C22H17ClN2O3S. The molecule has 0 aliphatic heterocycles. The molecule has 0 saturated carbocycles.